The predicted molar refractivity (Wildman–Crippen MR) is 266 cm³/mol. The monoisotopic (exact) mass is 1030 g/mol. The van der Waals surface area contributed by atoms with Crippen molar-refractivity contribution in [2.45, 2.75) is 64.3 Å². The van der Waals surface area contributed by atoms with E-state index in [0.29, 0.717) is 44.5 Å². The molecule has 2 aromatic carbocycles. The Labute approximate surface area is 423 Å². The summed E-state index contributed by atoms with van der Waals surface area (Å²) < 4.78 is 58.2. The van der Waals surface area contributed by atoms with Gasteiger partial charge in [-0.3, -0.25) is 33.8 Å². The number of nitrogens with one attached hydrogen (secondary N) is 4. The molecule has 73 heavy (non-hydrogen) atoms. The van der Waals surface area contributed by atoms with Crippen LogP contribution >= 0.6 is 0 Å². The summed E-state index contributed by atoms with van der Waals surface area (Å²) >= 11 is 0. The van der Waals surface area contributed by atoms with Crippen LogP contribution in [0.15, 0.2) is 59.5 Å². The lowest BCUT2D eigenvalue weighted by Crippen LogP contribution is -2.57. The summed E-state index contributed by atoms with van der Waals surface area (Å²) in [7, 11) is 2.03. The van der Waals surface area contributed by atoms with Gasteiger partial charge in [-0.2, -0.15) is 13.2 Å². The molecule has 3 aliphatic rings. The molecule has 402 valence electrons. The number of aromatic amines is 1. The molecule has 4 heterocycles. The normalized spacial score (nSPS) is 19.1. The predicted octanol–water partition coefficient (Wildman–Crippen LogP) is 1.18. The number of nitrogens with two attached hydrogens (primary N) is 1. The van der Waals surface area contributed by atoms with Crippen molar-refractivity contribution in [2.75, 3.05) is 129 Å². The van der Waals surface area contributed by atoms with Crippen LogP contribution in [-0.4, -0.2) is 195 Å². The summed E-state index contributed by atoms with van der Waals surface area (Å²) in [6, 6.07) is 12.3. The van der Waals surface area contributed by atoms with Crippen LogP contribution in [-0.2, 0) is 46.1 Å². The van der Waals surface area contributed by atoms with E-state index in [4.69, 9.17) is 19.9 Å². The number of benzene rings is 2. The van der Waals surface area contributed by atoms with Gasteiger partial charge in [-0.25, -0.2) is 0 Å². The van der Waals surface area contributed by atoms with E-state index in [1.54, 1.807) is 20.8 Å². The second kappa shape index (κ2) is 26.0. The van der Waals surface area contributed by atoms with Crippen LogP contribution in [0.5, 0.6) is 0 Å². The fourth-order valence-corrected chi connectivity index (χ4v) is 9.03. The maximum Gasteiger partial charge on any atom is 0.417 e. The molecule has 0 spiro atoms. The number of H-pyrrole nitrogens is 1. The van der Waals surface area contributed by atoms with Gasteiger partial charge in [-0.05, 0) is 47.4 Å². The molecule has 3 fully saturated rings. The fourth-order valence-electron chi connectivity index (χ4n) is 9.03. The van der Waals surface area contributed by atoms with Gasteiger partial charge in [-0.15, -0.1) is 0 Å². The molecule has 0 radical (unpaired) electrons. The Balaban J connectivity index is 0.869. The highest BCUT2D eigenvalue weighted by atomic mass is 19.4. The number of nitrogens with zero attached hydrogens (tertiary/aromatic N) is 5. The van der Waals surface area contributed by atoms with Gasteiger partial charge < -0.3 is 65.8 Å². The van der Waals surface area contributed by atoms with Crippen molar-refractivity contribution in [2.24, 2.45) is 11.1 Å². The number of aromatic nitrogens is 1. The first-order valence-corrected chi connectivity index (χ1v) is 24.6. The molecule has 3 aliphatic heterocycles. The van der Waals surface area contributed by atoms with Crippen LogP contribution in [0.4, 0.5) is 24.5 Å². The number of aliphatic hydroxyl groups is 2. The summed E-state index contributed by atoms with van der Waals surface area (Å²) in [6.45, 7) is 13.5. The minimum absolute atomic E-state index is 0.0436. The summed E-state index contributed by atoms with van der Waals surface area (Å²) in [5.74, 6) is -2.01. The van der Waals surface area contributed by atoms with E-state index in [1.165, 1.54) is 4.90 Å². The highest BCUT2D eigenvalue weighted by molar-refractivity contribution is 5.93. The molecule has 23 heteroatoms. The number of alkyl halides is 3. The number of piperazine rings is 2. The second-order valence-corrected chi connectivity index (χ2v) is 19.8. The molecule has 4 atom stereocenters. The molecule has 6 rings (SSSR count). The molecular weight excluding hydrogens is 958 g/mol. The number of likely N-dealkylation sites (tertiary alicyclic amines) is 1. The maximum atomic E-state index is 13.9. The fraction of sp³-hybridized carbons (Fsp3) is 0.580. The van der Waals surface area contributed by atoms with E-state index in [0.717, 1.165) is 67.8 Å². The number of likely N-dealkylation sites (N-methyl/N-ethyl adjacent to an activating group) is 1. The quantitative estimate of drug-likeness (QED) is 0.0521. The van der Waals surface area contributed by atoms with Crippen LogP contribution in [0.2, 0.25) is 0 Å². The van der Waals surface area contributed by atoms with Gasteiger partial charge in [0.2, 0.25) is 29.2 Å². The third-order valence-corrected chi connectivity index (χ3v) is 13.1. The zero-order chi connectivity index (χ0) is 52.9. The van der Waals surface area contributed by atoms with Crippen LogP contribution < -0.4 is 32.1 Å². The first-order chi connectivity index (χ1) is 34.7. The summed E-state index contributed by atoms with van der Waals surface area (Å²) in [5, 5.41) is 29.7. The van der Waals surface area contributed by atoms with E-state index < -0.39 is 70.4 Å². The molecule has 0 bridgehead atoms. The van der Waals surface area contributed by atoms with E-state index in [1.807, 2.05) is 37.4 Å². The van der Waals surface area contributed by atoms with E-state index in [2.05, 4.69) is 52.7 Å². The number of carbonyl (C=O) groups excluding carboxylic acids is 4. The minimum Gasteiger partial charge on any atom is -0.391 e. The number of carbonyl (C=O) groups is 4. The van der Waals surface area contributed by atoms with E-state index in [9.17, 15) is 47.4 Å². The number of halogens is 3. The Morgan fingerprint density at radius 1 is 0.849 bits per heavy atom. The second-order valence-electron chi connectivity index (χ2n) is 19.8. The molecule has 0 saturated carbocycles. The first kappa shape index (κ1) is 56.6. The number of amides is 4. The third kappa shape index (κ3) is 16.7. The highest BCUT2D eigenvalue weighted by Gasteiger charge is 2.44. The Hall–Kier alpha value is -5.66. The van der Waals surface area contributed by atoms with Crippen molar-refractivity contribution in [3.05, 3.63) is 81.8 Å². The van der Waals surface area contributed by atoms with Crippen molar-refractivity contribution in [3.8, 4) is 11.1 Å². The van der Waals surface area contributed by atoms with Gasteiger partial charge in [0.05, 0.1) is 49.5 Å². The van der Waals surface area contributed by atoms with Crippen LogP contribution in [0.25, 0.3) is 11.1 Å². The van der Waals surface area contributed by atoms with Crippen LogP contribution in [0.3, 0.4) is 0 Å². The Morgan fingerprint density at radius 2 is 1.49 bits per heavy atom. The number of hydrogen-bond acceptors (Lipinski definition) is 15. The van der Waals surface area contributed by atoms with Gasteiger partial charge in [0.1, 0.15) is 25.3 Å². The number of β-amino-alcohol motifs (C(OH)–C–C–N with tert-alkyl or cyclic N) is 1. The molecule has 0 aliphatic carbocycles. The van der Waals surface area contributed by atoms with Crippen LogP contribution in [0, 0.1) is 5.41 Å². The molecule has 8 N–H and O–H groups in total. The Morgan fingerprint density at radius 3 is 2.15 bits per heavy atom. The molecule has 4 amide bonds. The maximum absolute atomic E-state index is 13.9. The summed E-state index contributed by atoms with van der Waals surface area (Å²) in [6.07, 6.45) is -6.56. The number of anilines is 2. The van der Waals surface area contributed by atoms with Crippen molar-refractivity contribution >= 4 is 35.0 Å². The zero-order valence-electron chi connectivity index (χ0n) is 42.0. The largest absolute Gasteiger partial charge is 0.417 e. The minimum atomic E-state index is -4.85. The molecular formula is C50H71F3N10O10. The topological polar surface area (TPSA) is 248 Å². The lowest BCUT2D eigenvalue weighted by molar-refractivity contribution is -0.144. The van der Waals surface area contributed by atoms with Crippen molar-refractivity contribution in [3.63, 3.8) is 0 Å². The van der Waals surface area contributed by atoms with Crippen molar-refractivity contribution in [1.29, 1.82) is 0 Å². The van der Waals surface area contributed by atoms with Gasteiger partial charge in [0.25, 0.3) is 0 Å². The number of hydrogen-bond donors (Lipinski definition) is 7. The standard InChI is InChI=1S/C50H71F3N10O10/c1-49(2,3)45(48(70)63-30-36(64)26-41(63)46(54)68)58-44(67)32-73-23-21-71-20-22-72-31-43(66)55-10-11-60-14-16-61(17-15-60)29-33-6-5-7-34(24-33)35-8-9-40(62-18-12-59(4)13-19-62)39(25-35)57-47(69)37-28-56-42(65)27-38(37)50(51,52)53/h5-9,24-25,27-28,36,41,45,47,57,64,69H,10-23,26,29-32H2,1-4H3,(H2,54,68)(H,55,66)(H,56,65)(H,58,67)/t36-,41+,45-,47?/m1/s1. The lowest BCUT2D eigenvalue weighted by Gasteiger charge is -2.35. The third-order valence-electron chi connectivity index (χ3n) is 13.1. The number of pyridine rings is 1. The van der Waals surface area contributed by atoms with Crippen LogP contribution in [0.1, 0.15) is 50.1 Å². The molecule has 20 nitrogen and oxygen atoms in total. The highest BCUT2D eigenvalue weighted by Crippen LogP contribution is 2.38. The zero-order valence-corrected chi connectivity index (χ0v) is 42.0. The average Bonchev–Trinajstić information content (AvgIpc) is 3.74. The van der Waals surface area contributed by atoms with Gasteiger partial charge >= 0.3 is 6.18 Å². The number of ether oxygens (including phenoxy) is 3. The SMILES string of the molecule is CN1CCN(c2ccc(-c3cccc(CN4CCN(CCNC(=O)COCCOCCOCC(=O)N[C@H](C(=O)N5C[C@H](O)C[C@H]5C(N)=O)C(C)(C)C)CC4)c3)cc2NC(O)c2c[nH]c(=O)cc2C(F)(F)F)CC1. The molecule has 3 saturated heterocycles. The Kier molecular flexibility index (Phi) is 20.2. The van der Waals surface area contributed by atoms with E-state index in [-0.39, 0.29) is 58.5 Å². The number of rotatable bonds is 23. The average molecular weight is 1030 g/mol. The number of aliphatic hydroxyl groups excluding tert-OH is 2. The lowest BCUT2D eigenvalue weighted by atomic mass is 9.85. The van der Waals surface area contributed by atoms with Gasteiger partial charge in [-0.1, -0.05) is 45.0 Å². The van der Waals surface area contributed by atoms with Crippen molar-refractivity contribution in [1.82, 2.24) is 35.2 Å². The molecule has 1 aromatic heterocycles. The van der Waals surface area contributed by atoms with Gasteiger partial charge in [0, 0.05) is 103 Å². The molecule has 1 unspecified atom stereocenters. The Bertz CT molecular complexity index is 2390. The number of primary amides is 1. The van der Waals surface area contributed by atoms with E-state index >= 15 is 0 Å². The summed E-state index contributed by atoms with van der Waals surface area (Å²) in [5.41, 5.74) is 6.12. The van der Waals surface area contributed by atoms with Crippen molar-refractivity contribution < 1.29 is 56.8 Å². The summed E-state index contributed by atoms with van der Waals surface area (Å²) in [4.78, 5) is 74.5. The smallest absolute Gasteiger partial charge is 0.391 e. The molecule has 3 aromatic rings. The first-order valence-electron chi connectivity index (χ1n) is 24.6. The van der Waals surface area contributed by atoms with Gasteiger partial charge in [0.15, 0.2) is 6.23 Å².